The van der Waals surface area contributed by atoms with Crippen molar-refractivity contribution in [1.29, 1.82) is 0 Å². The molecule has 0 unspecified atom stereocenters. The summed E-state index contributed by atoms with van der Waals surface area (Å²) in [5.41, 5.74) is 0. The van der Waals surface area contributed by atoms with Gasteiger partial charge in [-0.05, 0) is 18.1 Å². The van der Waals surface area contributed by atoms with Crippen LogP contribution in [-0.4, -0.2) is 39.5 Å². The fourth-order valence-corrected chi connectivity index (χ4v) is 1.98. The van der Waals surface area contributed by atoms with E-state index in [0.717, 1.165) is 13.2 Å². The van der Waals surface area contributed by atoms with Gasteiger partial charge in [0, 0.05) is 26.2 Å². The fourth-order valence-electron chi connectivity index (χ4n) is 0.941. The summed E-state index contributed by atoms with van der Waals surface area (Å²) in [4.78, 5) is 2.41. The molecular weight excluding hydrogens is 178 g/mol. The van der Waals surface area contributed by atoms with Crippen LogP contribution in [0.25, 0.3) is 0 Å². The molecule has 0 amide bonds. The van der Waals surface area contributed by atoms with Crippen LogP contribution in [0, 0.1) is 0 Å². The Labute approximate surface area is 83.4 Å². The lowest BCUT2D eigenvalue weighted by molar-refractivity contribution is 0.267. The van der Waals surface area contributed by atoms with Crippen LogP contribution < -0.4 is 0 Å². The van der Waals surface area contributed by atoms with E-state index in [2.05, 4.69) is 38.8 Å². The smallest absolute Gasteiger partial charge is 0.192 e. The van der Waals surface area contributed by atoms with E-state index >= 15 is 0 Å². The predicted octanol–water partition coefficient (Wildman–Crippen LogP) is 2.32. The standard InChI is InChI=1S/C10H23NOSi/c1-10(2,3)13(4,5)12-9-8-11-6-7-11/h6-9H2,1-5H3. The van der Waals surface area contributed by atoms with Crippen LogP contribution in [-0.2, 0) is 4.43 Å². The molecule has 0 bridgehead atoms. The molecular formula is C10H23NOSi. The van der Waals surface area contributed by atoms with E-state index in [-0.39, 0.29) is 0 Å². The summed E-state index contributed by atoms with van der Waals surface area (Å²) in [6, 6.07) is 0. The molecule has 0 N–H and O–H groups in total. The molecule has 0 radical (unpaired) electrons. The Morgan fingerprint density at radius 2 is 1.77 bits per heavy atom. The average molecular weight is 201 g/mol. The fraction of sp³-hybridized carbons (Fsp3) is 1.00. The highest BCUT2D eigenvalue weighted by atomic mass is 28.4. The van der Waals surface area contributed by atoms with Gasteiger partial charge in [0.05, 0.1) is 0 Å². The highest BCUT2D eigenvalue weighted by molar-refractivity contribution is 6.74. The Kier molecular flexibility index (Phi) is 3.20. The number of hydrogen-bond donors (Lipinski definition) is 0. The van der Waals surface area contributed by atoms with Crippen LogP contribution in [0.5, 0.6) is 0 Å². The number of nitrogens with zero attached hydrogens (tertiary/aromatic N) is 1. The maximum Gasteiger partial charge on any atom is 0.192 e. The van der Waals surface area contributed by atoms with Crippen molar-refractivity contribution >= 4 is 8.32 Å². The molecule has 0 aromatic heterocycles. The van der Waals surface area contributed by atoms with Crippen LogP contribution in [0.3, 0.4) is 0 Å². The van der Waals surface area contributed by atoms with Gasteiger partial charge in [-0.25, -0.2) is 0 Å². The van der Waals surface area contributed by atoms with E-state index in [0.29, 0.717) is 5.04 Å². The zero-order chi connectivity index (χ0) is 10.1. The van der Waals surface area contributed by atoms with Gasteiger partial charge in [0.25, 0.3) is 0 Å². The topological polar surface area (TPSA) is 12.2 Å². The largest absolute Gasteiger partial charge is 0.416 e. The minimum atomic E-state index is -1.47. The molecule has 0 atom stereocenters. The minimum Gasteiger partial charge on any atom is -0.416 e. The van der Waals surface area contributed by atoms with Gasteiger partial charge in [0.1, 0.15) is 0 Å². The SMILES string of the molecule is CC(C)(C)[Si](C)(C)OCCN1CC1. The van der Waals surface area contributed by atoms with Crippen LogP contribution in [0.1, 0.15) is 20.8 Å². The van der Waals surface area contributed by atoms with Crippen molar-refractivity contribution in [2.24, 2.45) is 0 Å². The first-order chi connectivity index (χ1) is 5.83. The van der Waals surface area contributed by atoms with Crippen molar-refractivity contribution in [2.75, 3.05) is 26.2 Å². The Bertz CT molecular complexity index is 170. The average Bonchev–Trinajstić information content (AvgIpc) is 2.68. The first-order valence-electron chi connectivity index (χ1n) is 5.19. The van der Waals surface area contributed by atoms with E-state index in [1.54, 1.807) is 0 Å². The summed E-state index contributed by atoms with van der Waals surface area (Å²) in [7, 11) is -1.47. The summed E-state index contributed by atoms with van der Waals surface area (Å²) >= 11 is 0. The van der Waals surface area contributed by atoms with Gasteiger partial charge in [-0.3, -0.25) is 4.90 Å². The lowest BCUT2D eigenvalue weighted by atomic mass is 10.2. The first-order valence-corrected chi connectivity index (χ1v) is 8.10. The minimum absolute atomic E-state index is 0.353. The molecule has 1 saturated heterocycles. The maximum absolute atomic E-state index is 6.04. The van der Waals surface area contributed by atoms with Crippen molar-refractivity contribution < 1.29 is 4.43 Å². The van der Waals surface area contributed by atoms with E-state index in [1.165, 1.54) is 13.1 Å². The highest BCUT2D eigenvalue weighted by Crippen LogP contribution is 2.36. The summed E-state index contributed by atoms with van der Waals surface area (Å²) in [6.45, 7) is 16.1. The first kappa shape index (κ1) is 11.2. The zero-order valence-corrected chi connectivity index (χ0v) is 10.7. The third-order valence-electron chi connectivity index (χ3n) is 3.22. The monoisotopic (exact) mass is 201 g/mol. The molecule has 13 heavy (non-hydrogen) atoms. The van der Waals surface area contributed by atoms with E-state index in [9.17, 15) is 0 Å². The van der Waals surface area contributed by atoms with Gasteiger partial charge < -0.3 is 4.43 Å². The molecule has 1 fully saturated rings. The second-order valence-electron chi connectivity index (χ2n) is 5.45. The molecule has 2 nitrogen and oxygen atoms in total. The molecule has 0 spiro atoms. The van der Waals surface area contributed by atoms with Crippen LogP contribution in [0.15, 0.2) is 0 Å². The highest BCUT2D eigenvalue weighted by Gasteiger charge is 2.37. The zero-order valence-electron chi connectivity index (χ0n) is 9.68. The summed E-state index contributed by atoms with van der Waals surface area (Å²) in [5, 5.41) is 0.353. The molecule has 0 saturated carbocycles. The molecule has 1 aliphatic rings. The quantitative estimate of drug-likeness (QED) is 0.511. The Hall–Kier alpha value is 0.137. The van der Waals surface area contributed by atoms with Gasteiger partial charge in [-0.1, -0.05) is 20.8 Å². The van der Waals surface area contributed by atoms with Gasteiger partial charge in [0.2, 0.25) is 0 Å². The van der Waals surface area contributed by atoms with Crippen molar-refractivity contribution in [1.82, 2.24) is 4.90 Å². The molecule has 1 aliphatic heterocycles. The number of rotatable bonds is 4. The molecule has 1 heterocycles. The maximum atomic E-state index is 6.04. The van der Waals surface area contributed by atoms with Crippen molar-refractivity contribution in [3.8, 4) is 0 Å². The molecule has 1 rings (SSSR count). The summed E-state index contributed by atoms with van der Waals surface area (Å²) in [5.74, 6) is 0. The number of hydrogen-bond acceptors (Lipinski definition) is 2. The normalized spacial score (nSPS) is 19.2. The molecule has 3 heteroatoms. The molecule has 0 aliphatic carbocycles. The van der Waals surface area contributed by atoms with Crippen molar-refractivity contribution in [2.45, 2.75) is 38.9 Å². The molecule has 0 aromatic carbocycles. The van der Waals surface area contributed by atoms with Gasteiger partial charge >= 0.3 is 0 Å². The van der Waals surface area contributed by atoms with E-state index < -0.39 is 8.32 Å². The van der Waals surface area contributed by atoms with Gasteiger partial charge in [-0.15, -0.1) is 0 Å². The van der Waals surface area contributed by atoms with E-state index in [1.807, 2.05) is 0 Å². The van der Waals surface area contributed by atoms with Crippen LogP contribution in [0.4, 0.5) is 0 Å². The van der Waals surface area contributed by atoms with Crippen molar-refractivity contribution in [3.63, 3.8) is 0 Å². The Morgan fingerprint density at radius 1 is 1.23 bits per heavy atom. The summed E-state index contributed by atoms with van der Waals surface area (Å²) < 4.78 is 6.04. The summed E-state index contributed by atoms with van der Waals surface area (Å²) in [6.07, 6.45) is 0. The second kappa shape index (κ2) is 3.71. The molecule has 78 valence electrons. The third-order valence-corrected chi connectivity index (χ3v) is 7.75. The Balaban J connectivity index is 2.23. The molecule has 0 aromatic rings. The van der Waals surface area contributed by atoms with Crippen molar-refractivity contribution in [3.05, 3.63) is 0 Å². The van der Waals surface area contributed by atoms with Gasteiger partial charge in [-0.2, -0.15) is 0 Å². The van der Waals surface area contributed by atoms with E-state index in [4.69, 9.17) is 4.43 Å². The third kappa shape index (κ3) is 3.41. The van der Waals surface area contributed by atoms with Crippen LogP contribution >= 0.6 is 0 Å². The second-order valence-corrected chi connectivity index (χ2v) is 10.3. The predicted molar refractivity (Wildman–Crippen MR) is 59.6 cm³/mol. The lowest BCUT2D eigenvalue weighted by Gasteiger charge is -2.36. The lowest BCUT2D eigenvalue weighted by Crippen LogP contribution is -2.41. The van der Waals surface area contributed by atoms with Crippen LogP contribution in [0.2, 0.25) is 18.1 Å². The Morgan fingerprint density at radius 3 is 2.15 bits per heavy atom. The van der Waals surface area contributed by atoms with Gasteiger partial charge in [0.15, 0.2) is 8.32 Å².